The predicted octanol–water partition coefficient (Wildman–Crippen LogP) is 5.04. The first-order chi connectivity index (χ1) is 16.0. The number of methoxy groups -OCH3 is 1. The maximum absolute atomic E-state index is 13.5. The molecule has 3 aromatic rings. The van der Waals surface area contributed by atoms with Crippen LogP contribution in [0.2, 0.25) is 0 Å². The second kappa shape index (κ2) is 12.5. The fraction of sp³-hybridized carbons (Fsp3) is 0.308. The van der Waals surface area contributed by atoms with Crippen LogP contribution in [0.1, 0.15) is 26.9 Å². The third kappa shape index (κ3) is 7.16. The van der Waals surface area contributed by atoms with Crippen LogP contribution in [0.5, 0.6) is 0 Å². The molecule has 33 heavy (non-hydrogen) atoms. The molecule has 1 unspecified atom stereocenters. The van der Waals surface area contributed by atoms with E-state index in [-0.39, 0.29) is 24.9 Å². The van der Waals surface area contributed by atoms with Gasteiger partial charge in [0, 0.05) is 25.1 Å². The normalized spacial score (nSPS) is 11.7. The van der Waals surface area contributed by atoms with E-state index in [0.717, 1.165) is 16.0 Å². The Kier molecular flexibility index (Phi) is 9.48. The van der Waals surface area contributed by atoms with Crippen LogP contribution in [0.4, 0.5) is 0 Å². The number of nitrogens with zero attached hydrogens (tertiary/aromatic N) is 2. The lowest BCUT2D eigenvalue weighted by atomic mass is 10.1. The third-order valence-corrected chi connectivity index (χ3v) is 6.83. The van der Waals surface area contributed by atoms with Crippen LogP contribution in [0, 0.1) is 6.92 Å². The van der Waals surface area contributed by atoms with Gasteiger partial charge in [-0.2, -0.15) is 0 Å². The second-order valence-corrected chi connectivity index (χ2v) is 9.23. The zero-order valence-corrected chi connectivity index (χ0v) is 20.5. The summed E-state index contributed by atoms with van der Waals surface area (Å²) in [6.07, 6.45) is 0. The van der Waals surface area contributed by atoms with E-state index in [9.17, 15) is 9.59 Å². The Morgan fingerprint density at radius 2 is 1.64 bits per heavy atom. The number of carbonyl (C=O) groups is 2. The standard InChI is InChI=1S/C26H29ClN2O3S/c1-20-13-16-33-23(20)18-29(17-21-9-5-3-6-10-21)24(30)19-28(14-15-32-2)26(31)25(27)22-11-7-4-8-12-22/h3-13,16,25H,14-15,17-19H2,1-2H3. The number of halogens is 1. The number of amides is 2. The Bertz CT molecular complexity index is 1030. The quantitative estimate of drug-likeness (QED) is 0.358. The fourth-order valence-electron chi connectivity index (χ4n) is 3.43. The van der Waals surface area contributed by atoms with Crippen molar-refractivity contribution >= 4 is 34.8 Å². The Balaban J connectivity index is 1.79. The fourth-order valence-corrected chi connectivity index (χ4v) is 4.64. The average molecular weight is 485 g/mol. The van der Waals surface area contributed by atoms with Crippen LogP contribution in [0.15, 0.2) is 72.1 Å². The Morgan fingerprint density at radius 1 is 0.970 bits per heavy atom. The number of thiophene rings is 1. The number of alkyl halides is 1. The SMILES string of the molecule is COCCN(CC(=O)N(Cc1ccccc1)Cc1sccc1C)C(=O)C(Cl)c1ccccc1. The van der Waals surface area contributed by atoms with Gasteiger partial charge in [0.2, 0.25) is 11.8 Å². The van der Waals surface area contributed by atoms with Crippen LogP contribution < -0.4 is 0 Å². The van der Waals surface area contributed by atoms with E-state index in [1.54, 1.807) is 23.3 Å². The molecular formula is C26H29ClN2O3S. The van der Waals surface area contributed by atoms with E-state index in [2.05, 4.69) is 6.07 Å². The molecule has 0 aliphatic heterocycles. The smallest absolute Gasteiger partial charge is 0.245 e. The van der Waals surface area contributed by atoms with Gasteiger partial charge in [-0.15, -0.1) is 22.9 Å². The molecule has 0 N–H and O–H groups in total. The monoisotopic (exact) mass is 484 g/mol. The first kappa shape index (κ1) is 25.0. The van der Waals surface area contributed by atoms with Crippen molar-refractivity contribution in [1.29, 1.82) is 0 Å². The van der Waals surface area contributed by atoms with Gasteiger partial charge in [0.15, 0.2) is 0 Å². The lowest BCUT2D eigenvalue weighted by molar-refractivity contribution is -0.141. The van der Waals surface area contributed by atoms with Crippen molar-refractivity contribution in [3.05, 3.63) is 93.7 Å². The van der Waals surface area contributed by atoms with E-state index >= 15 is 0 Å². The molecule has 0 aliphatic rings. The van der Waals surface area contributed by atoms with Crippen molar-refractivity contribution in [3.8, 4) is 0 Å². The summed E-state index contributed by atoms with van der Waals surface area (Å²) in [4.78, 5) is 31.1. The number of hydrogen-bond donors (Lipinski definition) is 0. The molecule has 1 heterocycles. The topological polar surface area (TPSA) is 49.9 Å². The van der Waals surface area contributed by atoms with Gasteiger partial charge in [-0.3, -0.25) is 9.59 Å². The minimum Gasteiger partial charge on any atom is -0.383 e. The van der Waals surface area contributed by atoms with Crippen molar-refractivity contribution in [2.45, 2.75) is 25.4 Å². The Labute approximate surface area is 204 Å². The van der Waals surface area contributed by atoms with Crippen LogP contribution in [0.3, 0.4) is 0 Å². The third-order valence-electron chi connectivity index (χ3n) is 5.38. The molecule has 3 rings (SSSR count). The number of aryl methyl sites for hydroxylation is 1. The molecule has 2 amide bonds. The van der Waals surface area contributed by atoms with Gasteiger partial charge >= 0.3 is 0 Å². The zero-order valence-electron chi connectivity index (χ0n) is 18.9. The summed E-state index contributed by atoms with van der Waals surface area (Å²) < 4.78 is 5.19. The molecule has 0 saturated carbocycles. The molecule has 2 aromatic carbocycles. The highest BCUT2D eigenvalue weighted by atomic mass is 35.5. The second-order valence-electron chi connectivity index (χ2n) is 7.79. The lowest BCUT2D eigenvalue weighted by Crippen LogP contribution is -2.44. The molecule has 0 saturated heterocycles. The van der Waals surface area contributed by atoms with Crippen molar-refractivity contribution < 1.29 is 14.3 Å². The minimum atomic E-state index is -0.863. The number of benzene rings is 2. The number of carbonyl (C=O) groups excluding carboxylic acids is 2. The highest BCUT2D eigenvalue weighted by molar-refractivity contribution is 7.10. The number of rotatable bonds is 11. The molecule has 0 bridgehead atoms. The van der Waals surface area contributed by atoms with Gasteiger partial charge in [0.25, 0.3) is 0 Å². The minimum absolute atomic E-state index is 0.0600. The predicted molar refractivity (Wildman–Crippen MR) is 133 cm³/mol. The molecular weight excluding hydrogens is 456 g/mol. The molecule has 0 spiro atoms. The van der Waals surface area contributed by atoms with Crippen molar-refractivity contribution in [3.63, 3.8) is 0 Å². The number of ether oxygens (including phenoxy) is 1. The van der Waals surface area contributed by atoms with Gasteiger partial charge in [0.1, 0.15) is 5.38 Å². The van der Waals surface area contributed by atoms with E-state index < -0.39 is 5.38 Å². The largest absolute Gasteiger partial charge is 0.383 e. The summed E-state index contributed by atoms with van der Waals surface area (Å²) in [5.74, 6) is -0.437. The molecule has 174 valence electrons. The summed E-state index contributed by atoms with van der Waals surface area (Å²) in [5.41, 5.74) is 2.90. The summed E-state index contributed by atoms with van der Waals surface area (Å²) in [5, 5.41) is 1.17. The van der Waals surface area contributed by atoms with E-state index in [4.69, 9.17) is 16.3 Å². The van der Waals surface area contributed by atoms with E-state index in [1.807, 2.05) is 73.0 Å². The van der Waals surface area contributed by atoms with Crippen LogP contribution in [-0.2, 0) is 27.4 Å². The number of hydrogen-bond acceptors (Lipinski definition) is 4. The first-order valence-electron chi connectivity index (χ1n) is 10.8. The van der Waals surface area contributed by atoms with Crippen LogP contribution >= 0.6 is 22.9 Å². The summed E-state index contributed by atoms with van der Waals surface area (Å²) in [7, 11) is 1.57. The van der Waals surface area contributed by atoms with Crippen molar-refractivity contribution in [2.24, 2.45) is 0 Å². The van der Waals surface area contributed by atoms with Gasteiger partial charge < -0.3 is 14.5 Å². The first-order valence-corrected chi connectivity index (χ1v) is 12.1. The molecule has 0 aliphatic carbocycles. The van der Waals surface area contributed by atoms with E-state index in [1.165, 1.54) is 4.90 Å². The van der Waals surface area contributed by atoms with Crippen molar-refractivity contribution in [1.82, 2.24) is 9.80 Å². The highest BCUT2D eigenvalue weighted by Gasteiger charge is 2.27. The average Bonchev–Trinajstić information content (AvgIpc) is 3.25. The van der Waals surface area contributed by atoms with Gasteiger partial charge in [0.05, 0.1) is 19.7 Å². The summed E-state index contributed by atoms with van der Waals surface area (Å²) in [6.45, 7) is 3.55. The summed E-state index contributed by atoms with van der Waals surface area (Å²) >= 11 is 8.14. The van der Waals surface area contributed by atoms with Gasteiger partial charge in [-0.25, -0.2) is 0 Å². The summed E-state index contributed by atoms with van der Waals surface area (Å²) in [6, 6.07) is 21.1. The Morgan fingerprint density at radius 3 is 2.24 bits per heavy atom. The molecule has 5 nitrogen and oxygen atoms in total. The molecule has 7 heteroatoms. The molecule has 1 aromatic heterocycles. The van der Waals surface area contributed by atoms with Crippen LogP contribution in [-0.4, -0.2) is 48.4 Å². The molecule has 0 radical (unpaired) electrons. The lowest BCUT2D eigenvalue weighted by Gasteiger charge is -2.29. The maximum Gasteiger partial charge on any atom is 0.245 e. The van der Waals surface area contributed by atoms with Crippen LogP contribution in [0.25, 0.3) is 0 Å². The molecule has 1 atom stereocenters. The van der Waals surface area contributed by atoms with Gasteiger partial charge in [-0.05, 0) is 35.1 Å². The van der Waals surface area contributed by atoms with Crippen molar-refractivity contribution in [2.75, 3.05) is 26.8 Å². The van der Waals surface area contributed by atoms with E-state index in [0.29, 0.717) is 25.3 Å². The Hall–Kier alpha value is -2.67. The van der Waals surface area contributed by atoms with Gasteiger partial charge in [-0.1, -0.05) is 60.7 Å². The highest BCUT2D eigenvalue weighted by Crippen LogP contribution is 2.24. The molecule has 0 fully saturated rings. The maximum atomic E-state index is 13.5. The zero-order chi connectivity index (χ0) is 23.6.